The molecule has 6 heteroatoms. The van der Waals surface area contributed by atoms with Crippen molar-refractivity contribution in [3.05, 3.63) is 70.4 Å². The molecule has 21 heavy (non-hydrogen) atoms. The molecule has 3 rings (SSSR count). The third kappa shape index (κ3) is 3.27. The maximum Gasteiger partial charge on any atom is 0.255 e. The largest absolute Gasteiger partial charge is 0.321 e. The van der Waals surface area contributed by atoms with E-state index < -0.39 is 0 Å². The zero-order valence-electron chi connectivity index (χ0n) is 10.9. The molecule has 1 amide bonds. The van der Waals surface area contributed by atoms with Crippen LogP contribution in [-0.4, -0.2) is 20.4 Å². The smallest absolute Gasteiger partial charge is 0.255 e. The lowest BCUT2D eigenvalue weighted by atomic mass is 10.2. The number of amides is 1. The number of anilines is 1. The summed E-state index contributed by atoms with van der Waals surface area (Å²) >= 11 is 2.20. The maximum atomic E-state index is 12.1. The molecule has 0 atom stereocenters. The van der Waals surface area contributed by atoms with Crippen molar-refractivity contribution in [3.63, 3.8) is 0 Å². The van der Waals surface area contributed by atoms with Gasteiger partial charge >= 0.3 is 0 Å². The minimum Gasteiger partial charge on any atom is -0.321 e. The quantitative estimate of drug-likeness (QED) is 0.700. The summed E-state index contributed by atoms with van der Waals surface area (Å²) in [6.07, 6.45) is 6.80. The van der Waals surface area contributed by atoms with E-state index in [1.807, 2.05) is 30.5 Å². The van der Waals surface area contributed by atoms with Crippen LogP contribution in [0.1, 0.15) is 10.4 Å². The highest BCUT2D eigenvalue weighted by Crippen LogP contribution is 2.12. The van der Waals surface area contributed by atoms with E-state index in [4.69, 9.17) is 0 Å². The number of hydrogen-bond acceptors (Lipinski definition) is 3. The van der Waals surface area contributed by atoms with Gasteiger partial charge in [0.05, 0.1) is 11.9 Å². The third-order valence-electron chi connectivity index (χ3n) is 2.88. The van der Waals surface area contributed by atoms with E-state index in [2.05, 4.69) is 37.9 Å². The highest BCUT2D eigenvalue weighted by molar-refractivity contribution is 14.1. The molecule has 0 unspecified atom stereocenters. The Balaban J connectivity index is 1.73. The first-order valence-electron chi connectivity index (χ1n) is 6.24. The first-order valence-corrected chi connectivity index (χ1v) is 7.31. The number of carbonyl (C=O) groups excluding carboxylic acids is 1. The van der Waals surface area contributed by atoms with E-state index in [9.17, 15) is 4.79 Å². The van der Waals surface area contributed by atoms with Gasteiger partial charge in [-0.3, -0.25) is 9.36 Å². The third-order valence-corrected chi connectivity index (χ3v) is 3.60. The van der Waals surface area contributed by atoms with E-state index in [0.29, 0.717) is 11.3 Å². The summed E-state index contributed by atoms with van der Waals surface area (Å²) in [6, 6.07) is 11.0. The lowest BCUT2D eigenvalue weighted by molar-refractivity contribution is 0.102. The molecular weight excluding hydrogens is 379 g/mol. The molecule has 3 aromatic rings. The summed E-state index contributed by atoms with van der Waals surface area (Å²) in [4.78, 5) is 20.3. The van der Waals surface area contributed by atoms with Crippen LogP contribution in [0.15, 0.2) is 61.3 Å². The molecule has 0 radical (unpaired) electrons. The van der Waals surface area contributed by atoms with Gasteiger partial charge in [-0.25, -0.2) is 9.97 Å². The number of pyridine rings is 1. The number of halogens is 1. The van der Waals surface area contributed by atoms with Crippen molar-refractivity contribution < 1.29 is 4.79 Å². The second-order valence-corrected chi connectivity index (χ2v) is 5.58. The molecule has 0 bridgehead atoms. The first-order chi connectivity index (χ1) is 10.2. The molecule has 0 aliphatic heterocycles. The second-order valence-electron chi connectivity index (χ2n) is 4.34. The van der Waals surface area contributed by atoms with Gasteiger partial charge in [-0.15, -0.1) is 0 Å². The van der Waals surface area contributed by atoms with Gasteiger partial charge in [-0.05, 0) is 59.0 Å². The number of imidazole rings is 1. The molecule has 0 aliphatic rings. The minimum atomic E-state index is -0.149. The number of rotatable bonds is 3. The van der Waals surface area contributed by atoms with E-state index >= 15 is 0 Å². The average Bonchev–Trinajstić information content (AvgIpc) is 3.03. The molecule has 104 valence electrons. The van der Waals surface area contributed by atoms with Crippen molar-refractivity contribution in [2.24, 2.45) is 0 Å². The summed E-state index contributed by atoms with van der Waals surface area (Å²) in [5, 5.41) is 2.82. The van der Waals surface area contributed by atoms with E-state index in [1.54, 1.807) is 35.4 Å². The normalized spacial score (nSPS) is 10.3. The molecule has 0 aliphatic carbocycles. The predicted molar refractivity (Wildman–Crippen MR) is 88.5 cm³/mol. The fourth-order valence-corrected chi connectivity index (χ4v) is 2.17. The standard InChI is InChI=1S/C15H11IN4O/c16-12-3-1-11(2-4-12)15(21)19-13-5-6-14(18-9-13)20-8-7-17-10-20/h1-10H,(H,19,21). The van der Waals surface area contributed by atoms with Crippen molar-refractivity contribution in [2.45, 2.75) is 0 Å². The van der Waals surface area contributed by atoms with E-state index in [-0.39, 0.29) is 5.91 Å². The van der Waals surface area contributed by atoms with Gasteiger partial charge in [0.25, 0.3) is 5.91 Å². The monoisotopic (exact) mass is 390 g/mol. The van der Waals surface area contributed by atoms with Crippen LogP contribution in [0.5, 0.6) is 0 Å². The molecule has 1 aromatic carbocycles. The Kier molecular flexibility index (Phi) is 3.96. The van der Waals surface area contributed by atoms with Crippen LogP contribution < -0.4 is 5.32 Å². The molecule has 0 fully saturated rings. The van der Waals surface area contributed by atoms with Crippen molar-refractivity contribution in [1.29, 1.82) is 0 Å². The second kappa shape index (κ2) is 6.04. The molecule has 1 N–H and O–H groups in total. The Bertz CT molecular complexity index is 736. The molecule has 2 aromatic heterocycles. The lowest BCUT2D eigenvalue weighted by Crippen LogP contribution is -2.12. The molecular formula is C15H11IN4O. The van der Waals surface area contributed by atoms with Gasteiger partial charge in [-0.2, -0.15) is 0 Å². The number of aromatic nitrogens is 3. The zero-order valence-corrected chi connectivity index (χ0v) is 13.1. The van der Waals surface area contributed by atoms with Gasteiger partial charge in [0.15, 0.2) is 0 Å². The molecule has 0 spiro atoms. The van der Waals surface area contributed by atoms with E-state index in [0.717, 1.165) is 9.39 Å². The number of hydrogen-bond donors (Lipinski definition) is 1. The van der Waals surface area contributed by atoms with Crippen LogP contribution in [0.25, 0.3) is 5.82 Å². The first kappa shape index (κ1) is 13.7. The van der Waals surface area contributed by atoms with Crippen LogP contribution in [0.4, 0.5) is 5.69 Å². The van der Waals surface area contributed by atoms with Gasteiger partial charge in [0.2, 0.25) is 0 Å². The minimum absolute atomic E-state index is 0.149. The van der Waals surface area contributed by atoms with Gasteiger partial charge < -0.3 is 5.32 Å². The highest BCUT2D eigenvalue weighted by Gasteiger charge is 2.06. The Morgan fingerprint density at radius 3 is 2.57 bits per heavy atom. The summed E-state index contributed by atoms with van der Waals surface area (Å²) in [5.41, 5.74) is 1.27. The molecule has 5 nitrogen and oxygen atoms in total. The molecule has 0 saturated carbocycles. The summed E-state index contributed by atoms with van der Waals surface area (Å²) in [6.45, 7) is 0. The maximum absolute atomic E-state index is 12.1. The van der Waals surface area contributed by atoms with Gasteiger partial charge in [0, 0.05) is 21.5 Å². The Morgan fingerprint density at radius 1 is 1.14 bits per heavy atom. The van der Waals surface area contributed by atoms with Crippen molar-refractivity contribution in [2.75, 3.05) is 5.32 Å². The van der Waals surface area contributed by atoms with Crippen LogP contribution >= 0.6 is 22.6 Å². The lowest BCUT2D eigenvalue weighted by Gasteiger charge is -2.06. The number of benzene rings is 1. The van der Waals surface area contributed by atoms with Crippen LogP contribution in [-0.2, 0) is 0 Å². The number of carbonyl (C=O) groups is 1. The van der Waals surface area contributed by atoms with Crippen molar-refractivity contribution in [1.82, 2.24) is 14.5 Å². The van der Waals surface area contributed by atoms with Gasteiger partial charge in [-0.1, -0.05) is 0 Å². The SMILES string of the molecule is O=C(Nc1ccc(-n2ccnc2)nc1)c1ccc(I)cc1. The predicted octanol–water partition coefficient (Wildman–Crippen LogP) is 3.12. The average molecular weight is 390 g/mol. The van der Waals surface area contributed by atoms with Crippen LogP contribution in [0.3, 0.4) is 0 Å². The summed E-state index contributed by atoms with van der Waals surface area (Å²) in [7, 11) is 0. The molecule has 0 saturated heterocycles. The Hall–Kier alpha value is -2.22. The fourth-order valence-electron chi connectivity index (χ4n) is 1.81. The summed E-state index contributed by atoms with van der Waals surface area (Å²) < 4.78 is 2.89. The Morgan fingerprint density at radius 2 is 1.95 bits per heavy atom. The number of nitrogens with zero attached hydrogens (tertiary/aromatic N) is 3. The van der Waals surface area contributed by atoms with Crippen molar-refractivity contribution in [3.8, 4) is 5.82 Å². The topological polar surface area (TPSA) is 59.8 Å². The van der Waals surface area contributed by atoms with Crippen LogP contribution in [0.2, 0.25) is 0 Å². The van der Waals surface area contributed by atoms with Crippen LogP contribution in [0, 0.1) is 3.57 Å². The van der Waals surface area contributed by atoms with Gasteiger partial charge in [0.1, 0.15) is 12.1 Å². The van der Waals surface area contributed by atoms with E-state index in [1.165, 1.54) is 0 Å². The van der Waals surface area contributed by atoms with Crippen molar-refractivity contribution >= 4 is 34.2 Å². The summed E-state index contributed by atoms with van der Waals surface area (Å²) in [5.74, 6) is 0.600. The number of nitrogens with one attached hydrogen (secondary N) is 1. The molecule has 2 heterocycles. The zero-order chi connectivity index (χ0) is 14.7. The highest BCUT2D eigenvalue weighted by atomic mass is 127. The Labute approximate surface area is 135 Å². The fraction of sp³-hybridized carbons (Fsp3) is 0.